The van der Waals surface area contributed by atoms with Crippen LogP contribution in [0, 0.1) is 13.8 Å². The Hall–Kier alpha value is -1.89. The smallest absolute Gasteiger partial charge is 0.257 e. The maximum atomic E-state index is 12.6. The summed E-state index contributed by atoms with van der Waals surface area (Å²) in [6.07, 6.45) is 0. The molecule has 0 unspecified atom stereocenters. The Bertz CT molecular complexity index is 872. The minimum atomic E-state index is -3.64. The molecule has 1 N–H and O–H groups in total. The molecule has 0 saturated carbocycles. The number of benzene rings is 2. The zero-order valence-corrected chi connectivity index (χ0v) is 15.5. The molecule has 0 aliphatic rings. The fourth-order valence-corrected chi connectivity index (χ4v) is 3.37. The lowest BCUT2D eigenvalue weighted by molar-refractivity contribution is 0.102. The summed E-state index contributed by atoms with van der Waals surface area (Å²) in [6, 6.07) is 9.76. The number of nitrogens with zero attached hydrogens (tertiary/aromatic N) is 1. The Morgan fingerprint density at radius 1 is 1.08 bits per heavy atom. The second-order valence-electron chi connectivity index (χ2n) is 5.65. The second kappa shape index (κ2) is 6.93. The number of aryl methyl sites for hydroxylation is 2. The fourth-order valence-electron chi connectivity index (χ4n) is 2.24. The van der Waals surface area contributed by atoms with Crippen molar-refractivity contribution < 1.29 is 13.2 Å². The highest BCUT2D eigenvalue weighted by Crippen LogP contribution is 2.25. The fraction of sp³-hybridized carbons (Fsp3) is 0.235. The third-order valence-electron chi connectivity index (χ3n) is 3.68. The lowest BCUT2D eigenvalue weighted by Gasteiger charge is -2.15. The van der Waals surface area contributed by atoms with Crippen molar-refractivity contribution in [2.75, 3.05) is 19.4 Å². The monoisotopic (exact) mass is 366 g/mol. The number of hydrogen-bond donors (Lipinski definition) is 1. The number of para-hydroxylation sites is 1. The zero-order valence-electron chi connectivity index (χ0n) is 13.9. The van der Waals surface area contributed by atoms with Crippen LogP contribution in [0.15, 0.2) is 41.3 Å². The van der Waals surface area contributed by atoms with Crippen molar-refractivity contribution in [3.8, 4) is 0 Å². The molecule has 2 aromatic carbocycles. The van der Waals surface area contributed by atoms with E-state index in [-0.39, 0.29) is 15.5 Å². The van der Waals surface area contributed by atoms with Crippen LogP contribution < -0.4 is 5.32 Å². The topological polar surface area (TPSA) is 66.5 Å². The van der Waals surface area contributed by atoms with E-state index in [0.29, 0.717) is 5.69 Å². The molecular weight excluding hydrogens is 348 g/mol. The Balaban J connectivity index is 2.43. The minimum Gasteiger partial charge on any atom is -0.321 e. The molecular formula is C17H19ClN2O3S. The molecule has 7 heteroatoms. The van der Waals surface area contributed by atoms with Gasteiger partial charge in [-0.25, -0.2) is 12.7 Å². The predicted octanol–water partition coefficient (Wildman–Crippen LogP) is 3.46. The standard InChI is InChI=1S/C17H19ClN2O3S/c1-11-6-5-7-12(2)16(11)19-17(21)14-10-13(8-9-15(14)18)24(22,23)20(3)4/h5-10H,1-4H3,(H,19,21). The van der Waals surface area contributed by atoms with Crippen LogP contribution >= 0.6 is 11.6 Å². The van der Waals surface area contributed by atoms with Crippen molar-refractivity contribution in [1.82, 2.24) is 4.31 Å². The van der Waals surface area contributed by atoms with Gasteiger partial charge in [-0.2, -0.15) is 0 Å². The van der Waals surface area contributed by atoms with Crippen LogP contribution in [0.1, 0.15) is 21.5 Å². The van der Waals surface area contributed by atoms with Gasteiger partial charge in [-0.15, -0.1) is 0 Å². The number of carbonyl (C=O) groups excluding carboxylic acids is 1. The van der Waals surface area contributed by atoms with Crippen molar-refractivity contribution >= 4 is 33.2 Å². The number of anilines is 1. The van der Waals surface area contributed by atoms with E-state index in [1.54, 1.807) is 0 Å². The number of nitrogens with one attached hydrogen (secondary N) is 1. The Morgan fingerprint density at radius 3 is 2.21 bits per heavy atom. The lowest BCUT2D eigenvalue weighted by atomic mass is 10.1. The van der Waals surface area contributed by atoms with Gasteiger partial charge in [-0.3, -0.25) is 4.79 Å². The number of rotatable bonds is 4. The second-order valence-corrected chi connectivity index (χ2v) is 8.21. The summed E-state index contributed by atoms with van der Waals surface area (Å²) in [6.45, 7) is 3.77. The van der Waals surface area contributed by atoms with Crippen molar-refractivity contribution in [3.05, 3.63) is 58.1 Å². The Labute approximate surface area is 147 Å². The van der Waals surface area contributed by atoms with Crippen LogP contribution in [0.25, 0.3) is 0 Å². The van der Waals surface area contributed by atoms with Gasteiger partial charge in [-0.1, -0.05) is 29.8 Å². The first-order chi connectivity index (χ1) is 11.1. The summed E-state index contributed by atoms with van der Waals surface area (Å²) in [5, 5.41) is 3.00. The molecule has 2 rings (SSSR count). The first-order valence-electron chi connectivity index (χ1n) is 7.24. The summed E-state index contributed by atoms with van der Waals surface area (Å²) in [5.41, 5.74) is 2.63. The zero-order chi connectivity index (χ0) is 18.1. The number of halogens is 1. The highest BCUT2D eigenvalue weighted by Gasteiger charge is 2.21. The molecule has 0 aliphatic carbocycles. The van der Waals surface area contributed by atoms with Crippen LogP contribution in [0.5, 0.6) is 0 Å². The van der Waals surface area contributed by atoms with E-state index >= 15 is 0 Å². The van der Waals surface area contributed by atoms with Crippen LogP contribution in [-0.2, 0) is 10.0 Å². The van der Waals surface area contributed by atoms with E-state index in [2.05, 4.69) is 5.32 Å². The van der Waals surface area contributed by atoms with Gasteiger partial charge >= 0.3 is 0 Å². The molecule has 128 valence electrons. The molecule has 0 bridgehead atoms. The van der Waals surface area contributed by atoms with E-state index in [1.165, 1.54) is 32.3 Å². The average Bonchev–Trinajstić information content (AvgIpc) is 2.51. The van der Waals surface area contributed by atoms with Crippen LogP contribution in [0.4, 0.5) is 5.69 Å². The Kier molecular flexibility index (Phi) is 5.32. The molecule has 2 aromatic rings. The third kappa shape index (κ3) is 3.61. The maximum absolute atomic E-state index is 12.6. The molecule has 0 aliphatic heterocycles. The minimum absolute atomic E-state index is 0.0172. The van der Waals surface area contributed by atoms with Gasteiger partial charge in [0.15, 0.2) is 0 Å². The van der Waals surface area contributed by atoms with Crippen molar-refractivity contribution in [1.29, 1.82) is 0 Å². The van der Waals surface area contributed by atoms with Gasteiger partial charge in [0, 0.05) is 19.8 Å². The third-order valence-corrected chi connectivity index (χ3v) is 5.82. The number of sulfonamides is 1. The van der Waals surface area contributed by atoms with E-state index < -0.39 is 15.9 Å². The van der Waals surface area contributed by atoms with Gasteiger partial charge in [0.05, 0.1) is 15.5 Å². The van der Waals surface area contributed by atoms with Crippen molar-refractivity contribution in [2.24, 2.45) is 0 Å². The number of hydrogen-bond acceptors (Lipinski definition) is 3. The molecule has 0 spiro atoms. The molecule has 0 aromatic heterocycles. The van der Waals surface area contributed by atoms with Crippen LogP contribution in [0.2, 0.25) is 5.02 Å². The molecule has 0 saturated heterocycles. The first-order valence-corrected chi connectivity index (χ1v) is 9.06. The van der Waals surface area contributed by atoms with Gasteiger partial charge in [0.25, 0.3) is 5.91 Å². The average molecular weight is 367 g/mol. The summed E-state index contributed by atoms with van der Waals surface area (Å²) in [7, 11) is -0.782. The van der Waals surface area contributed by atoms with E-state index in [1.807, 2.05) is 32.0 Å². The molecule has 0 fully saturated rings. The summed E-state index contributed by atoms with van der Waals surface area (Å²) >= 11 is 6.10. The van der Waals surface area contributed by atoms with Crippen LogP contribution in [-0.4, -0.2) is 32.7 Å². The maximum Gasteiger partial charge on any atom is 0.257 e. The van der Waals surface area contributed by atoms with Crippen molar-refractivity contribution in [2.45, 2.75) is 18.7 Å². The highest BCUT2D eigenvalue weighted by molar-refractivity contribution is 7.89. The summed E-state index contributed by atoms with van der Waals surface area (Å²) in [5.74, 6) is -0.451. The lowest BCUT2D eigenvalue weighted by Crippen LogP contribution is -2.23. The van der Waals surface area contributed by atoms with Gasteiger partial charge in [-0.05, 0) is 43.2 Å². The Morgan fingerprint density at radius 2 is 1.67 bits per heavy atom. The quantitative estimate of drug-likeness (QED) is 0.901. The number of amides is 1. The molecule has 0 radical (unpaired) electrons. The van der Waals surface area contributed by atoms with Crippen LogP contribution in [0.3, 0.4) is 0 Å². The van der Waals surface area contributed by atoms with Gasteiger partial charge in [0.2, 0.25) is 10.0 Å². The molecule has 0 atom stereocenters. The van der Waals surface area contributed by atoms with Gasteiger partial charge < -0.3 is 5.32 Å². The largest absolute Gasteiger partial charge is 0.321 e. The first kappa shape index (κ1) is 18.4. The molecule has 5 nitrogen and oxygen atoms in total. The van der Waals surface area contributed by atoms with Gasteiger partial charge in [0.1, 0.15) is 0 Å². The molecule has 1 amide bonds. The molecule has 0 heterocycles. The number of carbonyl (C=O) groups is 1. The summed E-state index contributed by atoms with van der Waals surface area (Å²) in [4.78, 5) is 12.6. The van der Waals surface area contributed by atoms with E-state index in [4.69, 9.17) is 11.6 Å². The predicted molar refractivity (Wildman–Crippen MR) is 96.2 cm³/mol. The van der Waals surface area contributed by atoms with E-state index in [9.17, 15) is 13.2 Å². The SMILES string of the molecule is Cc1cccc(C)c1NC(=O)c1cc(S(=O)(=O)N(C)C)ccc1Cl. The molecule has 24 heavy (non-hydrogen) atoms. The normalized spacial score (nSPS) is 11.6. The summed E-state index contributed by atoms with van der Waals surface area (Å²) < 4.78 is 25.6. The van der Waals surface area contributed by atoms with E-state index in [0.717, 1.165) is 15.4 Å². The highest BCUT2D eigenvalue weighted by atomic mass is 35.5. The van der Waals surface area contributed by atoms with Crippen molar-refractivity contribution in [3.63, 3.8) is 0 Å².